The molecule has 0 aromatic carbocycles. The van der Waals surface area contributed by atoms with Gasteiger partial charge < -0.3 is 15.0 Å². The van der Waals surface area contributed by atoms with Crippen LogP contribution in [0.15, 0.2) is 18.3 Å². The molecule has 0 spiro atoms. The molecular formula is C13H21N5O. The minimum Gasteiger partial charge on any atom is -0.378 e. The van der Waals surface area contributed by atoms with Crippen LogP contribution in [0.25, 0.3) is 5.65 Å². The summed E-state index contributed by atoms with van der Waals surface area (Å²) in [5.41, 5.74) is 2.00. The number of nitrogens with zero attached hydrogens (tertiary/aromatic N) is 4. The fourth-order valence-electron chi connectivity index (χ4n) is 1.70. The molecule has 0 radical (unpaired) electrons. The van der Waals surface area contributed by atoms with E-state index in [0.717, 1.165) is 24.4 Å². The molecule has 0 unspecified atom stereocenters. The van der Waals surface area contributed by atoms with Crippen LogP contribution in [0, 0.1) is 6.92 Å². The average Bonchev–Trinajstić information content (AvgIpc) is 2.78. The third-order valence-electron chi connectivity index (χ3n) is 2.77. The first-order valence-corrected chi connectivity index (χ1v) is 6.45. The van der Waals surface area contributed by atoms with Gasteiger partial charge in [0, 0.05) is 19.3 Å². The largest absolute Gasteiger partial charge is 0.378 e. The van der Waals surface area contributed by atoms with Crippen LogP contribution in [-0.2, 0) is 4.74 Å². The lowest BCUT2D eigenvalue weighted by atomic mass is 10.3. The van der Waals surface area contributed by atoms with Crippen molar-refractivity contribution in [3.63, 3.8) is 0 Å². The molecule has 19 heavy (non-hydrogen) atoms. The van der Waals surface area contributed by atoms with E-state index >= 15 is 0 Å². The minimum atomic E-state index is 0.644. The molecular weight excluding hydrogens is 242 g/mol. The quantitative estimate of drug-likeness (QED) is 0.756. The maximum absolute atomic E-state index is 5.50. The fraction of sp³-hybridized carbons (Fsp3) is 0.538. The number of nitrogens with one attached hydrogen (secondary N) is 1. The van der Waals surface area contributed by atoms with Crippen molar-refractivity contribution in [2.24, 2.45) is 0 Å². The average molecular weight is 263 g/mol. The summed E-state index contributed by atoms with van der Waals surface area (Å²) in [7, 11) is 4.06. The highest BCUT2D eigenvalue weighted by molar-refractivity contribution is 5.49. The summed E-state index contributed by atoms with van der Waals surface area (Å²) < 4.78 is 7.28. The van der Waals surface area contributed by atoms with Gasteiger partial charge in [-0.05, 0) is 32.6 Å². The van der Waals surface area contributed by atoms with E-state index in [-0.39, 0.29) is 0 Å². The van der Waals surface area contributed by atoms with Crippen molar-refractivity contribution in [3.05, 3.63) is 23.9 Å². The van der Waals surface area contributed by atoms with Gasteiger partial charge in [0.1, 0.15) is 0 Å². The van der Waals surface area contributed by atoms with E-state index in [4.69, 9.17) is 4.74 Å². The number of hydrogen-bond acceptors (Lipinski definition) is 5. The van der Waals surface area contributed by atoms with Crippen molar-refractivity contribution in [2.75, 3.05) is 45.7 Å². The van der Waals surface area contributed by atoms with Gasteiger partial charge in [0.2, 0.25) is 5.95 Å². The van der Waals surface area contributed by atoms with Gasteiger partial charge in [0.05, 0.1) is 13.2 Å². The molecule has 104 valence electrons. The Labute approximate surface area is 113 Å². The Morgan fingerprint density at radius 2 is 2.21 bits per heavy atom. The van der Waals surface area contributed by atoms with Crippen LogP contribution in [0.2, 0.25) is 0 Å². The summed E-state index contributed by atoms with van der Waals surface area (Å²) in [6.07, 6.45) is 1.90. The molecule has 2 rings (SSSR count). The Kier molecular flexibility index (Phi) is 4.70. The second-order valence-electron chi connectivity index (χ2n) is 4.74. The van der Waals surface area contributed by atoms with Crippen LogP contribution >= 0.6 is 0 Å². The number of fused-ring (bicyclic) bond motifs is 1. The summed E-state index contributed by atoms with van der Waals surface area (Å²) >= 11 is 0. The van der Waals surface area contributed by atoms with Gasteiger partial charge in [-0.1, -0.05) is 6.07 Å². The minimum absolute atomic E-state index is 0.644. The first-order valence-electron chi connectivity index (χ1n) is 6.45. The number of aryl methyl sites for hydroxylation is 1. The summed E-state index contributed by atoms with van der Waals surface area (Å²) in [5.74, 6) is 0.644. The topological polar surface area (TPSA) is 54.7 Å². The van der Waals surface area contributed by atoms with E-state index in [1.54, 1.807) is 4.52 Å². The standard InChI is InChI=1S/C13H21N5O/c1-11-5-4-7-18-12(11)15-13(16-18)14-6-9-19-10-8-17(2)3/h4-5,7H,6,8-10H2,1-3H3,(H,14,16). The number of likely N-dealkylation sites (N-methyl/N-ethyl adjacent to an activating group) is 1. The number of aromatic nitrogens is 3. The lowest BCUT2D eigenvalue weighted by Gasteiger charge is -2.09. The molecule has 2 aromatic heterocycles. The highest BCUT2D eigenvalue weighted by Crippen LogP contribution is 2.09. The summed E-state index contributed by atoms with van der Waals surface area (Å²) in [6, 6.07) is 3.99. The van der Waals surface area contributed by atoms with Crippen LogP contribution in [0.5, 0.6) is 0 Å². The van der Waals surface area contributed by atoms with Gasteiger partial charge in [0.25, 0.3) is 0 Å². The first kappa shape index (κ1) is 13.8. The Morgan fingerprint density at radius 1 is 1.37 bits per heavy atom. The summed E-state index contributed by atoms with van der Waals surface area (Å²) in [4.78, 5) is 6.53. The maximum Gasteiger partial charge on any atom is 0.243 e. The summed E-state index contributed by atoms with van der Waals surface area (Å²) in [5, 5.41) is 7.52. The van der Waals surface area contributed by atoms with Crippen molar-refractivity contribution in [1.29, 1.82) is 0 Å². The monoisotopic (exact) mass is 263 g/mol. The fourth-order valence-corrected chi connectivity index (χ4v) is 1.70. The normalized spacial score (nSPS) is 11.4. The Balaban J connectivity index is 1.77. The molecule has 0 bridgehead atoms. The Morgan fingerprint density at radius 3 is 2.95 bits per heavy atom. The van der Waals surface area contributed by atoms with Crippen LogP contribution in [0.1, 0.15) is 5.56 Å². The maximum atomic E-state index is 5.50. The van der Waals surface area contributed by atoms with Gasteiger partial charge in [-0.2, -0.15) is 4.98 Å². The van der Waals surface area contributed by atoms with E-state index in [2.05, 4.69) is 20.3 Å². The van der Waals surface area contributed by atoms with Crippen LogP contribution < -0.4 is 5.32 Å². The molecule has 1 N–H and O–H groups in total. The van der Waals surface area contributed by atoms with Crippen LogP contribution in [-0.4, -0.2) is 59.9 Å². The highest BCUT2D eigenvalue weighted by atomic mass is 16.5. The molecule has 0 aliphatic carbocycles. The van der Waals surface area contributed by atoms with Gasteiger partial charge in [-0.15, -0.1) is 5.10 Å². The summed E-state index contributed by atoms with van der Waals surface area (Å²) in [6.45, 7) is 5.07. The number of anilines is 1. The molecule has 0 amide bonds. The predicted molar refractivity (Wildman–Crippen MR) is 75.6 cm³/mol. The zero-order chi connectivity index (χ0) is 13.7. The second kappa shape index (κ2) is 6.49. The van der Waals surface area contributed by atoms with Crippen molar-refractivity contribution < 1.29 is 4.74 Å². The molecule has 2 aromatic rings. The number of ether oxygens (including phenoxy) is 1. The van der Waals surface area contributed by atoms with Crippen LogP contribution in [0.4, 0.5) is 5.95 Å². The van der Waals surface area contributed by atoms with Crippen LogP contribution in [0.3, 0.4) is 0 Å². The van der Waals surface area contributed by atoms with Gasteiger partial charge >= 0.3 is 0 Å². The smallest absolute Gasteiger partial charge is 0.243 e. The third-order valence-corrected chi connectivity index (χ3v) is 2.77. The first-order chi connectivity index (χ1) is 9.16. The molecule has 2 heterocycles. The lowest BCUT2D eigenvalue weighted by Crippen LogP contribution is -2.20. The van der Waals surface area contributed by atoms with Gasteiger partial charge in [-0.3, -0.25) is 0 Å². The number of pyridine rings is 1. The zero-order valence-corrected chi connectivity index (χ0v) is 11.8. The van der Waals surface area contributed by atoms with E-state index in [1.165, 1.54) is 0 Å². The van der Waals surface area contributed by atoms with Crippen molar-refractivity contribution in [2.45, 2.75) is 6.92 Å². The number of rotatable bonds is 7. The second-order valence-corrected chi connectivity index (χ2v) is 4.74. The highest BCUT2D eigenvalue weighted by Gasteiger charge is 2.04. The molecule has 6 nitrogen and oxygen atoms in total. The van der Waals surface area contributed by atoms with E-state index in [1.807, 2.05) is 39.3 Å². The van der Waals surface area contributed by atoms with E-state index in [0.29, 0.717) is 19.1 Å². The van der Waals surface area contributed by atoms with Crippen molar-refractivity contribution in [1.82, 2.24) is 19.5 Å². The Hall–Kier alpha value is -1.66. The molecule has 0 saturated heterocycles. The van der Waals surface area contributed by atoms with Gasteiger partial charge in [-0.25, -0.2) is 4.52 Å². The number of hydrogen-bond donors (Lipinski definition) is 1. The van der Waals surface area contributed by atoms with Crippen molar-refractivity contribution >= 4 is 11.6 Å². The molecule has 0 aliphatic rings. The van der Waals surface area contributed by atoms with E-state index < -0.39 is 0 Å². The van der Waals surface area contributed by atoms with E-state index in [9.17, 15) is 0 Å². The molecule has 0 fully saturated rings. The molecule has 0 saturated carbocycles. The Bertz CT molecular complexity index is 523. The lowest BCUT2D eigenvalue weighted by molar-refractivity contribution is 0.126. The zero-order valence-electron chi connectivity index (χ0n) is 11.8. The SMILES string of the molecule is Cc1cccn2nc(NCCOCCN(C)C)nc12. The molecule has 0 atom stereocenters. The third kappa shape index (κ3) is 3.90. The van der Waals surface area contributed by atoms with Gasteiger partial charge in [0.15, 0.2) is 5.65 Å². The molecule has 6 heteroatoms. The predicted octanol–water partition coefficient (Wildman–Crippen LogP) is 1.03. The van der Waals surface area contributed by atoms with Crippen molar-refractivity contribution in [3.8, 4) is 0 Å². The molecule has 0 aliphatic heterocycles.